The predicted molar refractivity (Wildman–Crippen MR) is 88.0 cm³/mol. The molecule has 0 unspecified atom stereocenters. The van der Waals surface area contributed by atoms with E-state index >= 15 is 0 Å². The Hall–Kier alpha value is -1.85. The van der Waals surface area contributed by atoms with E-state index < -0.39 is 0 Å². The number of rotatable bonds is 4. The molecule has 0 fully saturated rings. The summed E-state index contributed by atoms with van der Waals surface area (Å²) >= 11 is 9.37. The van der Waals surface area contributed by atoms with Crippen molar-refractivity contribution in [2.24, 2.45) is 0 Å². The molecule has 1 aromatic heterocycles. The summed E-state index contributed by atoms with van der Waals surface area (Å²) in [6.45, 7) is 2.14. The van der Waals surface area contributed by atoms with Gasteiger partial charge in [0.2, 0.25) is 5.82 Å². The number of aromatic nitrogens is 2. The van der Waals surface area contributed by atoms with Crippen LogP contribution in [0, 0.1) is 6.92 Å². The summed E-state index contributed by atoms with van der Waals surface area (Å²) in [6, 6.07) is 13.2. The summed E-state index contributed by atoms with van der Waals surface area (Å²) in [6.07, 6.45) is 0. The van der Waals surface area contributed by atoms with Gasteiger partial charge in [0.15, 0.2) is 6.61 Å². The summed E-state index contributed by atoms with van der Waals surface area (Å²) < 4.78 is 11.8. The van der Waals surface area contributed by atoms with E-state index in [2.05, 4.69) is 26.1 Å². The van der Waals surface area contributed by atoms with Gasteiger partial charge in [-0.3, -0.25) is 0 Å². The van der Waals surface area contributed by atoms with Gasteiger partial charge in [0.25, 0.3) is 5.89 Å². The first-order valence-electron chi connectivity index (χ1n) is 6.59. The lowest BCUT2D eigenvalue weighted by Gasteiger charge is -2.04. The quantitative estimate of drug-likeness (QED) is 0.637. The van der Waals surface area contributed by atoms with Gasteiger partial charge in [-0.15, -0.1) is 0 Å². The van der Waals surface area contributed by atoms with Crippen LogP contribution in [0.5, 0.6) is 5.75 Å². The molecule has 0 aliphatic rings. The number of aryl methyl sites for hydroxylation is 1. The fourth-order valence-electron chi connectivity index (χ4n) is 1.88. The standard InChI is InChI=1S/C16H12BrClN2O2/c1-10-8-13(6-7-14(10)18)21-9-15-19-16(20-22-15)11-2-4-12(17)5-3-11/h2-8H,9H2,1H3. The van der Waals surface area contributed by atoms with Crippen molar-refractivity contribution in [1.29, 1.82) is 0 Å². The second-order valence-electron chi connectivity index (χ2n) is 4.72. The molecular formula is C16H12BrClN2O2. The number of hydrogen-bond donors (Lipinski definition) is 0. The van der Waals surface area contributed by atoms with Gasteiger partial charge < -0.3 is 9.26 Å². The van der Waals surface area contributed by atoms with E-state index in [9.17, 15) is 0 Å². The molecule has 0 saturated heterocycles. The molecule has 0 aliphatic heterocycles. The number of benzene rings is 2. The van der Waals surface area contributed by atoms with Gasteiger partial charge in [-0.25, -0.2) is 0 Å². The van der Waals surface area contributed by atoms with Crippen LogP contribution in [0.4, 0.5) is 0 Å². The summed E-state index contributed by atoms with van der Waals surface area (Å²) in [5.74, 6) is 1.68. The smallest absolute Gasteiger partial charge is 0.264 e. The van der Waals surface area contributed by atoms with Gasteiger partial charge >= 0.3 is 0 Å². The van der Waals surface area contributed by atoms with Crippen LogP contribution < -0.4 is 4.74 Å². The first-order chi connectivity index (χ1) is 10.6. The van der Waals surface area contributed by atoms with Crippen molar-refractivity contribution in [2.75, 3.05) is 0 Å². The highest BCUT2D eigenvalue weighted by atomic mass is 79.9. The topological polar surface area (TPSA) is 48.2 Å². The zero-order valence-corrected chi connectivity index (χ0v) is 14.1. The summed E-state index contributed by atoms with van der Waals surface area (Å²) in [4.78, 5) is 4.32. The summed E-state index contributed by atoms with van der Waals surface area (Å²) in [5.41, 5.74) is 1.85. The van der Waals surface area contributed by atoms with Crippen molar-refractivity contribution in [3.05, 3.63) is 63.4 Å². The van der Waals surface area contributed by atoms with Gasteiger partial charge in [-0.2, -0.15) is 4.98 Å². The lowest BCUT2D eigenvalue weighted by molar-refractivity contribution is 0.243. The molecule has 4 nitrogen and oxygen atoms in total. The maximum Gasteiger partial charge on any atom is 0.264 e. The molecule has 0 spiro atoms. The molecule has 0 bridgehead atoms. The molecule has 0 aliphatic carbocycles. The zero-order chi connectivity index (χ0) is 15.5. The van der Waals surface area contributed by atoms with Crippen molar-refractivity contribution >= 4 is 27.5 Å². The van der Waals surface area contributed by atoms with Crippen LogP contribution in [-0.2, 0) is 6.61 Å². The molecule has 3 rings (SSSR count). The number of hydrogen-bond acceptors (Lipinski definition) is 4. The Morgan fingerprint density at radius 1 is 1.18 bits per heavy atom. The number of ether oxygens (including phenoxy) is 1. The molecule has 0 N–H and O–H groups in total. The van der Waals surface area contributed by atoms with Crippen LogP contribution in [0.1, 0.15) is 11.5 Å². The molecule has 1 heterocycles. The van der Waals surface area contributed by atoms with Crippen molar-refractivity contribution in [1.82, 2.24) is 10.1 Å². The SMILES string of the molecule is Cc1cc(OCc2nc(-c3ccc(Br)cc3)no2)ccc1Cl. The highest BCUT2D eigenvalue weighted by Gasteiger charge is 2.09. The Bertz CT molecular complexity index is 787. The predicted octanol–water partition coefficient (Wildman–Crippen LogP) is 5.04. The summed E-state index contributed by atoms with van der Waals surface area (Å²) in [5, 5.41) is 4.67. The van der Waals surface area contributed by atoms with Gasteiger partial charge in [-0.05, 0) is 55.0 Å². The molecule has 0 amide bonds. The largest absolute Gasteiger partial charge is 0.484 e. The van der Waals surface area contributed by atoms with Crippen molar-refractivity contribution in [2.45, 2.75) is 13.5 Å². The monoisotopic (exact) mass is 378 g/mol. The van der Waals surface area contributed by atoms with Crippen LogP contribution in [0.3, 0.4) is 0 Å². The van der Waals surface area contributed by atoms with Gasteiger partial charge in [-0.1, -0.05) is 32.7 Å². The molecule has 6 heteroatoms. The zero-order valence-electron chi connectivity index (χ0n) is 11.7. The van der Waals surface area contributed by atoms with E-state index in [1.165, 1.54) is 0 Å². The number of nitrogens with zero attached hydrogens (tertiary/aromatic N) is 2. The Morgan fingerprint density at radius 2 is 1.95 bits per heavy atom. The van der Waals surface area contributed by atoms with E-state index in [-0.39, 0.29) is 6.61 Å². The third kappa shape index (κ3) is 3.48. The maximum absolute atomic E-state index is 5.98. The van der Waals surface area contributed by atoms with Crippen LogP contribution in [-0.4, -0.2) is 10.1 Å². The maximum atomic E-state index is 5.98. The van der Waals surface area contributed by atoms with Crippen molar-refractivity contribution in [3.63, 3.8) is 0 Å². The first-order valence-corrected chi connectivity index (χ1v) is 7.76. The highest BCUT2D eigenvalue weighted by molar-refractivity contribution is 9.10. The molecule has 0 saturated carbocycles. The normalized spacial score (nSPS) is 10.7. The Balaban J connectivity index is 1.69. The van der Waals surface area contributed by atoms with E-state index in [1.54, 1.807) is 12.1 Å². The van der Waals surface area contributed by atoms with Crippen molar-refractivity contribution in [3.8, 4) is 17.1 Å². The minimum absolute atomic E-state index is 0.213. The van der Waals surface area contributed by atoms with E-state index in [0.29, 0.717) is 22.5 Å². The highest BCUT2D eigenvalue weighted by Crippen LogP contribution is 2.22. The van der Waals surface area contributed by atoms with Gasteiger partial charge in [0, 0.05) is 15.1 Å². The summed E-state index contributed by atoms with van der Waals surface area (Å²) in [7, 11) is 0. The lowest BCUT2D eigenvalue weighted by Crippen LogP contribution is -1.96. The van der Waals surface area contributed by atoms with Crippen molar-refractivity contribution < 1.29 is 9.26 Å². The third-order valence-electron chi connectivity index (χ3n) is 3.06. The fourth-order valence-corrected chi connectivity index (χ4v) is 2.26. The van der Waals surface area contributed by atoms with Gasteiger partial charge in [0.05, 0.1) is 0 Å². The first kappa shape index (κ1) is 15.1. The van der Waals surface area contributed by atoms with Crippen LogP contribution in [0.2, 0.25) is 5.02 Å². The number of halogens is 2. The molecule has 2 aromatic carbocycles. The third-order valence-corrected chi connectivity index (χ3v) is 4.01. The molecular weight excluding hydrogens is 368 g/mol. The minimum Gasteiger partial charge on any atom is -0.484 e. The fraction of sp³-hybridized carbons (Fsp3) is 0.125. The van der Waals surface area contributed by atoms with E-state index in [0.717, 1.165) is 15.6 Å². The lowest BCUT2D eigenvalue weighted by atomic mass is 10.2. The molecule has 112 valence electrons. The van der Waals surface area contributed by atoms with Crippen LogP contribution >= 0.6 is 27.5 Å². The van der Waals surface area contributed by atoms with Crippen LogP contribution in [0.25, 0.3) is 11.4 Å². The Morgan fingerprint density at radius 3 is 2.68 bits per heavy atom. The van der Waals surface area contributed by atoms with E-state index in [4.69, 9.17) is 20.9 Å². The average Bonchev–Trinajstić information content (AvgIpc) is 2.98. The Kier molecular flexibility index (Phi) is 4.45. The second kappa shape index (κ2) is 6.50. The van der Waals surface area contributed by atoms with Crippen LogP contribution in [0.15, 0.2) is 51.5 Å². The Labute approximate surface area is 141 Å². The average molecular weight is 380 g/mol. The second-order valence-corrected chi connectivity index (χ2v) is 6.04. The molecule has 22 heavy (non-hydrogen) atoms. The van der Waals surface area contributed by atoms with Gasteiger partial charge in [0.1, 0.15) is 5.75 Å². The van der Waals surface area contributed by atoms with E-state index in [1.807, 2.05) is 37.3 Å². The molecule has 3 aromatic rings. The molecule has 0 atom stereocenters. The molecule has 0 radical (unpaired) electrons. The minimum atomic E-state index is 0.213.